The molecule has 1 amide bonds. The quantitative estimate of drug-likeness (QED) is 0.867. The fraction of sp³-hybridized carbons (Fsp3) is 0.538. The summed E-state index contributed by atoms with van der Waals surface area (Å²) in [4.78, 5) is 16.0. The third-order valence-corrected chi connectivity index (χ3v) is 5.31. The number of hydrogen-bond donors (Lipinski definition) is 1. The fourth-order valence-electron chi connectivity index (χ4n) is 1.70. The van der Waals surface area contributed by atoms with Crippen molar-refractivity contribution < 1.29 is 4.79 Å². The van der Waals surface area contributed by atoms with Crippen LogP contribution in [-0.4, -0.2) is 28.4 Å². The van der Waals surface area contributed by atoms with E-state index in [0.29, 0.717) is 12.2 Å². The van der Waals surface area contributed by atoms with E-state index in [2.05, 4.69) is 46.3 Å². The standard InChI is InChI=1S/C13H19BrN2OS/c1-4-13(5-2,18-3)9-16-12(17)11-7-6-10(14)8-15-11/h6-8H,4-5,9H2,1-3H3,(H,16,17). The predicted octanol–water partition coefficient (Wildman–Crippen LogP) is 3.50. The number of halogens is 1. The summed E-state index contributed by atoms with van der Waals surface area (Å²) in [6, 6.07) is 3.54. The summed E-state index contributed by atoms with van der Waals surface area (Å²) < 4.78 is 1.00. The first kappa shape index (κ1) is 15.5. The van der Waals surface area contributed by atoms with Gasteiger partial charge in [-0.05, 0) is 47.2 Å². The van der Waals surface area contributed by atoms with Gasteiger partial charge in [0, 0.05) is 22.0 Å². The summed E-state index contributed by atoms with van der Waals surface area (Å²) in [7, 11) is 0. The number of carbonyl (C=O) groups excluding carboxylic acids is 1. The smallest absolute Gasteiger partial charge is 0.269 e. The lowest BCUT2D eigenvalue weighted by atomic mass is 10.0. The number of nitrogens with one attached hydrogen (secondary N) is 1. The largest absolute Gasteiger partial charge is 0.349 e. The number of nitrogens with zero attached hydrogens (tertiary/aromatic N) is 1. The first-order valence-corrected chi connectivity index (χ1v) is 8.03. The van der Waals surface area contributed by atoms with Gasteiger partial charge >= 0.3 is 0 Å². The highest BCUT2D eigenvalue weighted by Crippen LogP contribution is 2.29. The molecular formula is C13H19BrN2OS. The molecule has 100 valence electrons. The molecule has 0 aromatic carbocycles. The molecule has 0 atom stereocenters. The van der Waals surface area contributed by atoms with Crippen molar-refractivity contribution in [2.24, 2.45) is 0 Å². The zero-order valence-electron chi connectivity index (χ0n) is 11.0. The van der Waals surface area contributed by atoms with Gasteiger partial charge in [-0.15, -0.1) is 0 Å². The Morgan fingerprint density at radius 1 is 1.44 bits per heavy atom. The van der Waals surface area contributed by atoms with Gasteiger partial charge in [-0.2, -0.15) is 11.8 Å². The van der Waals surface area contributed by atoms with Crippen molar-refractivity contribution in [3.8, 4) is 0 Å². The Hall–Kier alpha value is -0.550. The molecule has 0 bridgehead atoms. The average Bonchev–Trinajstić information content (AvgIpc) is 2.41. The minimum Gasteiger partial charge on any atom is -0.349 e. The van der Waals surface area contributed by atoms with Crippen LogP contribution >= 0.6 is 27.7 Å². The first-order valence-electron chi connectivity index (χ1n) is 6.02. The number of aromatic nitrogens is 1. The number of thioether (sulfide) groups is 1. The van der Waals surface area contributed by atoms with E-state index in [0.717, 1.165) is 17.3 Å². The summed E-state index contributed by atoms with van der Waals surface area (Å²) in [5.41, 5.74) is 0.459. The lowest BCUT2D eigenvalue weighted by molar-refractivity contribution is 0.0944. The molecule has 0 aliphatic rings. The lowest BCUT2D eigenvalue weighted by Crippen LogP contribution is -2.39. The molecule has 3 nitrogen and oxygen atoms in total. The number of hydrogen-bond acceptors (Lipinski definition) is 3. The summed E-state index contributed by atoms with van der Waals surface area (Å²) in [5.74, 6) is -0.108. The van der Waals surface area contributed by atoms with Crippen LogP contribution < -0.4 is 5.32 Å². The normalized spacial score (nSPS) is 11.3. The molecular weight excluding hydrogens is 312 g/mol. The van der Waals surface area contributed by atoms with Crippen LogP contribution in [0.3, 0.4) is 0 Å². The summed E-state index contributed by atoms with van der Waals surface area (Å²) in [6.45, 7) is 4.99. The molecule has 0 fully saturated rings. The first-order chi connectivity index (χ1) is 8.56. The number of rotatable bonds is 6. The maximum atomic E-state index is 12.0. The Balaban J connectivity index is 2.63. The van der Waals surface area contributed by atoms with E-state index in [1.807, 2.05) is 17.8 Å². The van der Waals surface area contributed by atoms with E-state index in [4.69, 9.17) is 0 Å². The summed E-state index contributed by atoms with van der Waals surface area (Å²) in [5, 5.41) is 2.97. The number of pyridine rings is 1. The van der Waals surface area contributed by atoms with Crippen molar-refractivity contribution in [3.63, 3.8) is 0 Å². The molecule has 0 aliphatic carbocycles. The Kier molecular flexibility index (Phi) is 6.15. The molecule has 1 heterocycles. The van der Waals surface area contributed by atoms with Crippen LogP contribution in [0.25, 0.3) is 0 Å². The Morgan fingerprint density at radius 3 is 2.56 bits per heavy atom. The van der Waals surface area contributed by atoms with Crippen molar-refractivity contribution >= 4 is 33.6 Å². The molecule has 1 aromatic heterocycles. The highest BCUT2D eigenvalue weighted by molar-refractivity contribution is 9.10. The highest BCUT2D eigenvalue weighted by atomic mass is 79.9. The SMILES string of the molecule is CCC(CC)(CNC(=O)c1ccc(Br)cn1)SC. The van der Waals surface area contributed by atoms with E-state index in [1.165, 1.54) is 0 Å². The second-order valence-corrected chi connectivity index (χ2v) is 6.33. The minimum absolute atomic E-state index is 0.108. The molecule has 0 unspecified atom stereocenters. The zero-order valence-corrected chi connectivity index (χ0v) is 13.4. The van der Waals surface area contributed by atoms with Gasteiger partial charge in [0.05, 0.1) is 0 Å². The van der Waals surface area contributed by atoms with Crippen molar-refractivity contribution in [1.29, 1.82) is 0 Å². The molecule has 1 aromatic rings. The van der Waals surface area contributed by atoms with Gasteiger partial charge in [-0.3, -0.25) is 4.79 Å². The Labute approximate surface area is 121 Å². The number of carbonyl (C=O) groups is 1. The van der Waals surface area contributed by atoms with E-state index in [9.17, 15) is 4.79 Å². The molecule has 0 aliphatic heterocycles. The molecule has 18 heavy (non-hydrogen) atoms. The molecule has 0 spiro atoms. The second kappa shape index (κ2) is 7.14. The van der Waals surface area contributed by atoms with Crippen molar-refractivity contribution in [2.45, 2.75) is 31.4 Å². The third kappa shape index (κ3) is 3.99. The van der Waals surface area contributed by atoms with Gasteiger partial charge in [0.25, 0.3) is 5.91 Å². The van der Waals surface area contributed by atoms with Crippen molar-refractivity contribution in [2.75, 3.05) is 12.8 Å². The molecule has 0 saturated heterocycles. The maximum absolute atomic E-state index is 12.0. The van der Waals surface area contributed by atoms with Crippen LogP contribution in [0, 0.1) is 0 Å². The van der Waals surface area contributed by atoms with E-state index in [1.54, 1.807) is 12.3 Å². The monoisotopic (exact) mass is 330 g/mol. The van der Waals surface area contributed by atoms with Crippen LogP contribution in [0.5, 0.6) is 0 Å². The second-order valence-electron chi connectivity index (χ2n) is 4.14. The van der Waals surface area contributed by atoms with E-state index in [-0.39, 0.29) is 10.7 Å². The van der Waals surface area contributed by atoms with Gasteiger partial charge in [0.1, 0.15) is 5.69 Å². The van der Waals surface area contributed by atoms with Gasteiger partial charge < -0.3 is 5.32 Å². The molecule has 0 saturated carbocycles. The minimum atomic E-state index is -0.108. The van der Waals surface area contributed by atoms with Crippen LogP contribution in [0.15, 0.2) is 22.8 Å². The van der Waals surface area contributed by atoms with Gasteiger partial charge in [-0.25, -0.2) is 4.98 Å². The van der Waals surface area contributed by atoms with Gasteiger partial charge in [-0.1, -0.05) is 13.8 Å². The number of amides is 1. The predicted molar refractivity (Wildman–Crippen MR) is 81.1 cm³/mol. The van der Waals surface area contributed by atoms with Gasteiger partial charge in [0.15, 0.2) is 0 Å². The third-order valence-electron chi connectivity index (χ3n) is 3.25. The van der Waals surface area contributed by atoms with Crippen LogP contribution in [0.4, 0.5) is 0 Å². The topological polar surface area (TPSA) is 42.0 Å². The Morgan fingerprint density at radius 2 is 2.11 bits per heavy atom. The van der Waals surface area contributed by atoms with Crippen LogP contribution in [0.2, 0.25) is 0 Å². The van der Waals surface area contributed by atoms with Gasteiger partial charge in [0.2, 0.25) is 0 Å². The maximum Gasteiger partial charge on any atom is 0.269 e. The summed E-state index contributed by atoms with van der Waals surface area (Å²) >= 11 is 5.12. The van der Waals surface area contributed by atoms with Crippen molar-refractivity contribution in [1.82, 2.24) is 10.3 Å². The molecule has 0 radical (unpaired) electrons. The van der Waals surface area contributed by atoms with E-state index >= 15 is 0 Å². The van der Waals surface area contributed by atoms with Crippen LogP contribution in [-0.2, 0) is 0 Å². The molecule has 1 N–H and O–H groups in total. The lowest BCUT2D eigenvalue weighted by Gasteiger charge is -2.29. The Bertz CT molecular complexity index is 382. The zero-order chi connectivity index (χ0) is 13.6. The highest BCUT2D eigenvalue weighted by Gasteiger charge is 2.25. The van der Waals surface area contributed by atoms with E-state index < -0.39 is 0 Å². The van der Waals surface area contributed by atoms with Crippen molar-refractivity contribution in [3.05, 3.63) is 28.5 Å². The average molecular weight is 331 g/mol. The summed E-state index contributed by atoms with van der Waals surface area (Å²) in [6.07, 6.45) is 5.81. The molecule has 1 rings (SSSR count). The molecule has 5 heteroatoms. The fourth-order valence-corrected chi connectivity index (χ4v) is 2.73. The van der Waals surface area contributed by atoms with Crippen LogP contribution in [0.1, 0.15) is 37.2 Å².